The van der Waals surface area contributed by atoms with Gasteiger partial charge in [0.1, 0.15) is 11.5 Å². The third kappa shape index (κ3) is 5.02. The summed E-state index contributed by atoms with van der Waals surface area (Å²) in [6, 6.07) is 14.9. The van der Waals surface area contributed by atoms with Gasteiger partial charge in [-0.3, -0.25) is 4.79 Å². The van der Waals surface area contributed by atoms with E-state index in [4.69, 9.17) is 15.2 Å². The second-order valence-electron chi connectivity index (χ2n) is 5.64. The number of hydrogen-bond donors (Lipinski definition) is 1. The quantitative estimate of drug-likeness (QED) is 0.455. The summed E-state index contributed by atoms with van der Waals surface area (Å²) < 4.78 is 11.2. The van der Waals surface area contributed by atoms with Crippen molar-refractivity contribution >= 4 is 11.5 Å². The predicted octanol–water partition coefficient (Wildman–Crippen LogP) is 3.96. The molecule has 0 atom stereocenters. The lowest BCUT2D eigenvalue weighted by molar-refractivity contribution is 0.0939. The maximum absolute atomic E-state index is 11.9. The highest BCUT2D eigenvalue weighted by atomic mass is 16.5. The first-order chi connectivity index (χ1) is 11.1. The van der Waals surface area contributed by atoms with Crippen LogP contribution in [-0.2, 0) is 0 Å². The molecule has 2 aromatic rings. The summed E-state index contributed by atoms with van der Waals surface area (Å²) in [6.07, 6.45) is 0.751. The van der Waals surface area contributed by atoms with Gasteiger partial charge in [-0.25, -0.2) is 0 Å². The topological polar surface area (TPSA) is 61.5 Å². The van der Waals surface area contributed by atoms with E-state index in [9.17, 15) is 4.79 Å². The molecule has 4 heteroatoms. The van der Waals surface area contributed by atoms with Crippen LogP contribution in [0.2, 0.25) is 0 Å². The Morgan fingerprint density at radius 1 is 1.04 bits per heavy atom. The summed E-state index contributed by atoms with van der Waals surface area (Å²) in [5.41, 5.74) is 7.07. The summed E-state index contributed by atoms with van der Waals surface area (Å²) in [5, 5.41) is 0. The number of hydrogen-bond acceptors (Lipinski definition) is 4. The van der Waals surface area contributed by atoms with E-state index in [1.54, 1.807) is 18.2 Å². The highest BCUT2D eigenvalue weighted by Gasteiger charge is 2.12. The van der Waals surface area contributed by atoms with Gasteiger partial charge < -0.3 is 15.2 Å². The number of anilines is 1. The van der Waals surface area contributed by atoms with Crippen LogP contribution in [-0.4, -0.2) is 19.0 Å². The van der Waals surface area contributed by atoms with Crippen LogP contribution in [0, 0.1) is 5.92 Å². The predicted molar refractivity (Wildman–Crippen MR) is 92.1 cm³/mol. The second-order valence-corrected chi connectivity index (χ2v) is 5.64. The van der Waals surface area contributed by atoms with Crippen molar-refractivity contribution in [1.82, 2.24) is 0 Å². The minimum atomic E-state index is -0.0451. The van der Waals surface area contributed by atoms with Gasteiger partial charge in [-0.1, -0.05) is 32.0 Å². The van der Waals surface area contributed by atoms with Crippen molar-refractivity contribution in [2.24, 2.45) is 5.92 Å². The van der Waals surface area contributed by atoms with Gasteiger partial charge in [-0.05, 0) is 30.3 Å². The molecule has 2 rings (SSSR count). The minimum absolute atomic E-state index is 0.0451. The van der Waals surface area contributed by atoms with Crippen LogP contribution in [0.5, 0.6) is 11.5 Å². The van der Waals surface area contributed by atoms with Crippen molar-refractivity contribution in [2.75, 3.05) is 18.9 Å². The molecule has 0 saturated carbocycles. The monoisotopic (exact) mass is 313 g/mol. The SMILES string of the molecule is CC(C)C(=O)c1ccc(OCCCOc2ccccc2)c(N)c1. The van der Waals surface area contributed by atoms with Crippen molar-refractivity contribution in [3.63, 3.8) is 0 Å². The molecule has 4 nitrogen and oxygen atoms in total. The zero-order valence-corrected chi connectivity index (χ0v) is 13.6. The molecule has 0 bridgehead atoms. The van der Waals surface area contributed by atoms with E-state index in [2.05, 4.69) is 0 Å². The number of para-hydroxylation sites is 1. The molecule has 0 unspecified atom stereocenters. The van der Waals surface area contributed by atoms with Gasteiger partial charge in [0, 0.05) is 17.9 Å². The third-order valence-corrected chi connectivity index (χ3v) is 3.38. The van der Waals surface area contributed by atoms with Gasteiger partial charge in [0.25, 0.3) is 0 Å². The molecule has 0 amide bonds. The van der Waals surface area contributed by atoms with E-state index < -0.39 is 0 Å². The molecule has 0 radical (unpaired) electrons. The number of Topliss-reactive ketones (excluding diaryl/α,β-unsaturated/α-hetero) is 1. The first kappa shape index (κ1) is 16.9. The van der Waals surface area contributed by atoms with Crippen LogP contribution in [0.3, 0.4) is 0 Å². The van der Waals surface area contributed by atoms with Crippen LogP contribution in [0.1, 0.15) is 30.6 Å². The van der Waals surface area contributed by atoms with Crippen molar-refractivity contribution < 1.29 is 14.3 Å². The highest BCUT2D eigenvalue weighted by Crippen LogP contribution is 2.24. The Bertz CT molecular complexity index is 638. The summed E-state index contributed by atoms with van der Waals surface area (Å²) >= 11 is 0. The Morgan fingerprint density at radius 3 is 2.39 bits per heavy atom. The maximum atomic E-state index is 11.9. The number of rotatable bonds is 8. The summed E-state index contributed by atoms with van der Waals surface area (Å²) in [4.78, 5) is 11.9. The first-order valence-electron chi connectivity index (χ1n) is 7.82. The number of nitrogen functional groups attached to an aromatic ring is 1. The molecular formula is C19H23NO3. The van der Waals surface area contributed by atoms with Gasteiger partial charge in [-0.2, -0.15) is 0 Å². The summed E-state index contributed by atoms with van der Waals surface area (Å²) in [7, 11) is 0. The number of nitrogens with two attached hydrogens (primary N) is 1. The number of carbonyl (C=O) groups is 1. The van der Waals surface area contributed by atoms with E-state index in [1.807, 2.05) is 44.2 Å². The average Bonchev–Trinajstić information content (AvgIpc) is 2.56. The second kappa shape index (κ2) is 8.22. The lowest BCUT2D eigenvalue weighted by Gasteiger charge is -2.11. The largest absolute Gasteiger partial charge is 0.493 e. The van der Waals surface area contributed by atoms with Crippen molar-refractivity contribution in [1.29, 1.82) is 0 Å². The molecule has 0 heterocycles. The fourth-order valence-corrected chi connectivity index (χ4v) is 2.11. The number of carbonyl (C=O) groups excluding carboxylic acids is 1. The minimum Gasteiger partial charge on any atom is -0.493 e. The fourth-order valence-electron chi connectivity index (χ4n) is 2.11. The van der Waals surface area contributed by atoms with E-state index in [-0.39, 0.29) is 11.7 Å². The molecule has 2 aromatic carbocycles. The van der Waals surface area contributed by atoms with Gasteiger partial charge in [0.05, 0.1) is 18.9 Å². The molecule has 0 fully saturated rings. The number of ketones is 1. The Balaban J connectivity index is 1.78. The highest BCUT2D eigenvalue weighted by molar-refractivity contribution is 5.98. The fraction of sp³-hybridized carbons (Fsp3) is 0.316. The zero-order valence-electron chi connectivity index (χ0n) is 13.6. The molecule has 0 aliphatic carbocycles. The Hall–Kier alpha value is -2.49. The molecule has 0 aliphatic heterocycles. The van der Waals surface area contributed by atoms with E-state index in [0.29, 0.717) is 30.2 Å². The molecule has 122 valence electrons. The molecular weight excluding hydrogens is 290 g/mol. The van der Waals surface area contributed by atoms with E-state index >= 15 is 0 Å². The zero-order chi connectivity index (χ0) is 16.7. The maximum Gasteiger partial charge on any atom is 0.165 e. The number of ether oxygens (including phenoxy) is 2. The van der Waals surface area contributed by atoms with Gasteiger partial charge in [0.2, 0.25) is 0 Å². The van der Waals surface area contributed by atoms with Crippen LogP contribution < -0.4 is 15.2 Å². The molecule has 23 heavy (non-hydrogen) atoms. The van der Waals surface area contributed by atoms with Crippen LogP contribution >= 0.6 is 0 Å². The molecule has 0 aliphatic rings. The van der Waals surface area contributed by atoms with E-state index in [0.717, 1.165) is 12.2 Å². The smallest absolute Gasteiger partial charge is 0.165 e. The average molecular weight is 313 g/mol. The van der Waals surface area contributed by atoms with Crippen molar-refractivity contribution in [3.8, 4) is 11.5 Å². The summed E-state index contributed by atoms with van der Waals surface area (Å²) in [5.74, 6) is 1.49. The van der Waals surface area contributed by atoms with Gasteiger partial charge in [0.15, 0.2) is 5.78 Å². The first-order valence-corrected chi connectivity index (χ1v) is 7.82. The lowest BCUT2D eigenvalue weighted by atomic mass is 10.0. The number of benzene rings is 2. The van der Waals surface area contributed by atoms with Gasteiger partial charge >= 0.3 is 0 Å². The summed E-state index contributed by atoms with van der Waals surface area (Å²) in [6.45, 7) is 4.83. The van der Waals surface area contributed by atoms with Gasteiger partial charge in [-0.15, -0.1) is 0 Å². The molecule has 0 saturated heterocycles. The van der Waals surface area contributed by atoms with E-state index in [1.165, 1.54) is 0 Å². The molecule has 0 spiro atoms. The Morgan fingerprint density at radius 2 is 1.74 bits per heavy atom. The van der Waals surface area contributed by atoms with Crippen LogP contribution in [0.25, 0.3) is 0 Å². The third-order valence-electron chi connectivity index (χ3n) is 3.38. The van der Waals surface area contributed by atoms with Crippen LogP contribution in [0.4, 0.5) is 5.69 Å². The Kier molecular flexibility index (Phi) is 6.03. The van der Waals surface area contributed by atoms with Crippen molar-refractivity contribution in [2.45, 2.75) is 20.3 Å². The molecule has 2 N–H and O–H groups in total. The normalized spacial score (nSPS) is 10.6. The standard InChI is InChI=1S/C19H23NO3/c1-14(2)19(21)15-9-10-18(17(20)13-15)23-12-6-11-22-16-7-4-3-5-8-16/h3-5,7-10,13-14H,6,11-12,20H2,1-2H3. The Labute approximate surface area is 137 Å². The molecule has 0 aromatic heterocycles. The van der Waals surface area contributed by atoms with Crippen molar-refractivity contribution in [3.05, 3.63) is 54.1 Å². The lowest BCUT2D eigenvalue weighted by Crippen LogP contribution is -2.09. The van der Waals surface area contributed by atoms with Crippen LogP contribution in [0.15, 0.2) is 48.5 Å².